The Kier molecular flexibility index (Phi) is 3.79. The molecule has 2 N–H and O–H groups in total. The predicted octanol–water partition coefficient (Wildman–Crippen LogP) is 2.79. The summed E-state index contributed by atoms with van der Waals surface area (Å²) >= 11 is 0. The first-order valence-electron chi connectivity index (χ1n) is 6.29. The van der Waals surface area contributed by atoms with Crippen molar-refractivity contribution in [2.24, 2.45) is 5.16 Å². The Morgan fingerprint density at radius 1 is 1.18 bits per heavy atom. The summed E-state index contributed by atoms with van der Waals surface area (Å²) < 4.78 is 0. The molecule has 0 bridgehead atoms. The maximum atomic E-state index is 9.38. The maximum Gasteiger partial charge on any atom is 0.107 e. The molecule has 1 aromatic carbocycles. The van der Waals surface area contributed by atoms with E-state index in [1.54, 1.807) is 0 Å². The van der Waals surface area contributed by atoms with Crippen LogP contribution in [-0.4, -0.2) is 23.5 Å². The fourth-order valence-electron chi connectivity index (χ4n) is 2.79. The van der Waals surface area contributed by atoms with Crippen LogP contribution in [0, 0.1) is 0 Å². The molecule has 1 fully saturated rings. The average Bonchev–Trinajstić information content (AvgIpc) is 2.42. The summed E-state index contributed by atoms with van der Waals surface area (Å²) in [5.41, 5.74) is 1.63. The van der Waals surface area contributed by atoms with Gasteiger partial charge in [0, 0.05) is 5.56 Å². The first kappa shape index (κ1) is 12.1. The second-order valence-electron chi connectivity index (χ2n) is 4.71. The molecule has 0 atom stereocenters. The quantitative estimate of drug-likeness (QED) is 0.478. The van der Waals surface area contributed by atoms with Gasteiger partial charge in [0.1, 0.15) is 5.71 Å². The molecule has 0 radical (unpaired) electrons. The Labute approximate surface area is 103 Å². The monoisotopic (exact) mass is 232 g/mol. The Morgan fingerprint density at radius 2 is 1.82 bits per heavy atom. The molecule has 92 valence electrons. The number of benzene rings is 1. The van der Waals surface area contributed by atoms with Gasteiger partial charge in [-0.3, -0.25) is 0 Å². The Morgan fingerprint density at radius 3 is 2.35 bits per heavy atom. The van der Waals surface area contributed by atoms with Crippen molar-refractivity contribution in [3.8, 4) is 0 Å². The van der Waals surface area contributed by atoms with Gasteiger partial charge in [0.2, 0.25) is 0 Å². The molecule has 1 aliphatic carbocycles. The average molecular weight is 232 g/mol. The van der Waals surface area contributed by atoms with Crippen molar-refractivity contribution in [2.45, 2.75) is 37.6 Å². The van der Waals surface area contributed by atoms with Gasteiger partial charge in [0.25, 0.3) is 0 Å². The van der Waals surface area contributed by atoms with Gasteiger partial charge in [-0.25, -0.2) is 0 Å². The molecular formula is C14H20N2O. The van der Waals surface area contributed by atoms with Crippen LogP contribution in [0.25, 0.3) is 0 Å². The highest BCUT2D eigenvalue weighted by Crippen LogP contribution is 2.31. The summed E-state index contributed by atoms with van der Waals surface area (Å²) in [7, 11) is 1.96. The van der Waals surface area contributed by atoms with Crippen LogP contribution >= 0.6 is 0 Å². The second-order valence-corrected chi connectivity index (χ2v) is 4.71. The minimum Gasteiger partial charge on any atom is -0.411 e. The third-order valence-electron chi connectivity index (χ3n) is 3.79. The number of likely N-dealkylation sites (N-methyl/N-ethyl adjacent to an activating group) is 1. The molecule has 1 aromatic rings. The molecule has 0 saturated heterocycles. The second kappa shape index (κ2) is 5.32. The number of hydrogen-bond acceptors (Lipinski definition) is 3. The van der Waals surface area contributed by atoms with Gasteiger partial charge >= 0.3 is 0 Å². The van der Waals surface area contributed by atoms with Crippen LogP contribution in [0.4, 0.5) is 0 Å². The zero-order chi connectivity index (χ0) is 12.1. The van der Waals surface area contributed by atoms with E-state index >= 15 is 0 Å². The van der Waals surface area contributed by atoms with Crippen LogP contribution < -0.4 is 5.32 Å². The van der Waals surface area contributed by atoms with Crippen LogP contribution in [0.5, 0.6) is 0 Å². The normalized spacial score (nSPS) is 20.2. The summed E-state index contributed by atoms with van der Waals surface area (Å²) in [6.45, 7) is 0. The highest BCUT2D eigenvalue weighted by atomic mass is 16.4. The van der Waals surface area contributed by atoms with E-state index in [9.17, 15) is 5.21 Å². The molecule has 0 heterocycles. The van der Waals surface area contributed by atoms with Crippen LogP contribution in [0.3, 0.4) is 0 Å². The van der Waals surface area contributed by atoms with E-state index in [0.717, 1.165) is 24.1 Å². The Bertz CT molecular complexity index is 380. The van der Waals surface area contributed by atoms with E-state index < -0.39 is 0 Å². The first-order valence-corrected chi connectivity index (χ1v) is 6.29. The van der Waals surface area contributed by atoms with Gasteiger partial charge in [-0.05, 0) is 19.9 Å². The molecule has 0 aliphatic heterocycles. The molecule has 2 rings (SSSR count). The van der Waals surface area contributed by atoms with Crippen molar-refractivity contribution >= 4 is 5.71 Å². The highest BCUT2D eigenvalue weighted by Gasteiger charge is 2.36. The van der Waals surface area contributed by atoms with Crippen molar-refractivity contribution < 1.29 is 5.21 Å². The summed E-state index contributed by atoms with van der Waals surface area (Å²) in [5.74, 6) is 0. The van der Waals surface area contributed by atoms with Gasteiger partial charge in [-0.15, -0.1) is 0 Å². The number of hydrogen-bond donors (Lipinski definition) is 2. The van der Waals surface area contributed by atoms with Gasteiger partial charge in [0.15, 0.2) is 0 Å². The van der Waals surface area contributed by atoms with E-state index in [0.29, 0.717) is 0 Å². The van der Waals surface area contributed by atoms with Crippen molar-refractivity contribution in [1.29, 1.82) is 0 Å². The molecule has 3 nitrogen and oxygen atoms in total. The molecule has 3 heteroatoms. The van der Waals surface area contributed by atoms with Gasteiger partial charge < -0.3 is 10.5 Å². The Balaban J connectivity index is 2.34. The van der Waals surface area contributed by atoms with Crippen molar-refractivity contribution in [3.05, 3.63) is 35.9 Å². The topological polar surface area (TPSA) is 44.6 Å². The van der Waals surface area contributed by atoms with E-state index in [1.165, 1.54) is 19.3 Å². The lowest BCUT2D eigenvalue weighted by Crippen LogP contribution is -2.52. The SMILES string of the molecule is CNC1(/C(=N/O)c2ccccc2)CCCCC1. The maximum absolute atomic E-state index is 9.38. The van der Waals surface area contributed by atoms with Crippen LogP contribution in [0.1, 0.15) is 37.7 Å². The van der Waals surface area contributed by atoms with E-state index in [2.05, 4.69) is 10.5 Å². The summed E-state index contributed by atoms with van der Waals surface area (Å²) in [5, 5.41) is 16.3. The highest BCUT2D eigenvalue weighted by molar-refractivity contribution is 6.07. The van der Waals surface area contributed by atoms with E-state index in [-0.39, 0.29) is 5.54 Å². The molecule has 1 aliphatic rings. The third kappa shape index (κ3) is 2.34. The van der Waals surface area contributed by atoms with Crippen molar-refractivity contribution in [2.75, 3.05) is 7.05 Å². The standard InChI is InChI=1S/C14H20N2O/c1-15-14(10-6-3-7-11-14)13(16-17)12-8-4-2-5-9-12/h2,4-5,8-9,15,17H,3,6-7,10-11H2,1H3/b16-13+. The largest absolute Gasteiger partial charge is 0.411 e. The molecule has 0 unspecified atom stereocenters. The first-order chi connectivity index (χ1) is 8.32. The van der Waals surface area contributed by atoms with Crippen LogP contribution in [0.15, 0.2) is 35.5 Å². The summed E-state index contributed by atoms with van der Waals surface area (Å²) in [4.78, 5) is 0. The minimum atomic E-state index is -0.158. The lowest BCUT2D eigenvalue weighted by atomic mass is 9.76. The van der Waals surface area contributed by atoms with Gasteiger partial charge in [0.05, 0.1) is 5.54 Å². The van der Waals surface area contributed by atoms with Crippen molar-refractivity contribution in [1.82, 2.24) is 5.32 Å². The molecule has 17 heavy (non-hydrogen) atoms. The molecule has 0 aromatic heterocycles. The number of oxime groups is 1. The predicted molar refractivity (Wildman–Crippen MR) is 69.6 cm³/mol. The lowest BCUT2D eigenvalue weighted by Gasteiger charge is -2.37. The molecule has 0 amide bonds. The zero-order valence-corrected chi connectivity index (χ0v) is 10.3. The van der Waals surface area contributed by atoms with Gasteiger partial charge in [-0.1, -0.05) is 54.8 Å². The van der Waals surface area contributed by atoms with Gasteiger partial charge in [-0.2, -0.15) is 0 Å². The molecule has 0 spiro atoms. The zero-order valence-electron chi connectivity index (χ0n) is 10.3. The van der Waals surface area contributed by atoms with E-state index in [1.807, 2.05) is 37.4 Å². The fourth-order valence-corrected chi connectivity index (χ4v) is 2.79. The summed E-state index contributed by atoms with van der Waals surface area (Å²) in [6, 6.07) is 9.94. The van der Waals surface area contributed by atoms with E-state index in [4.69, 9.17) is 0 Å². The van der Waals surface area contributed by atoms with Crippen LogP contribution in [-0.2, 0) is 0 Å². The molecule has 1 saturated carbocycles. The third-order valence-corrected chi connectivity index (χ3v) is 3.79. The number of nitrogens with one attached hydrogen (secondary N) is 1. The van der Waals surface area contributed by atoms with Crippen LogP contribution in [0.2, 0.25) is 0 Å². The smallest absolute Gasteiger partial charge is 0.107 e. The summed E-state index contributed by atoms with van der Waals surface area (Å²) in [6.07, 6.45) is 5.73. The minimum absolute atomic E-state index is 0.158. The number of nitrogens with zero attached hydrogens (tertiary/aromatic N) is 1. The molecular weight excluding hydrogens is 212 g/mol. The fraction of sp³-hybridized carbons (Fsp3) is 0.500. The Hall–Kier alpha value is -1.35. The number of rotatable bonds is 3. The lowest BCUT2D eigenvalue weighted by molar-refractivity contribution is 0.288. The van der Waals surface area contributed by atoms with Crippen molar-refractivity contribution in [3.63, 3.8) is 0 Å².